The number of hydrogen-bond acceptors (Lipinski definition) is 0. The summed E-state index contributed by atoms with van der Waals surface area (Å²) in [6.45, 7) is 18.5. The standard InChI is InChI=1S/C20H38/c1-9-11-12-13-18(5)19(17(4)10-2)14-16(3)15-20(6,7)8/h15,18H,9-14H2,1-8H3. The molecule has 0 fully saturated rings. The number of hydrogen-bond donors (Lipinski definition) is 0. The zero-order chi connectivity index (χ0) is 15.8. The lowest BCUT2D eigenvalue weighted by Gasteiger charge is -2.21. The normalized spacial score (nSPS) is 16.1. The van der Waals surface area contributed by atoms with Crippen molar-refractivity contribution in [3.8, 4) is 0 Å². The van der Waals surface area contributed by atoms with E-state index in [9.17, 15) is 0 Å². The average Bonchev–Trinajstić information content (AvgIpc) is 2.33. The van der Waals surface area contributed by atoms with Gasteiger partial charge < -0.3 is 0 Å². The van der Waals surface area contributed by atoms with Gasteiger partial charge in [0.1, 0.15) is 0 Å². The van der Waals surface area contributed by atoms with Gasteiger partial charge in [0.15, 0.2) is 0 Å². The van der Waals surface area contributed by atoms with Crippen molar-refractivity contribution in [2.45, 2.75) is 93.9 Å². The fourth-order valence-electron chi connectivity index (χ4n) is 2.94. The summed E-state index contributed by atoms with van der Waals surface area (Å²) in [7, 11) is 0. The summed E-state index contributed by atoms with van der Waals surface area (Å²) in [5.74, 6) is 0.741. The third-order valence-electron chi connectivity index (χ3n) is 4.06. The minimum absolute atomic E-state index is 0.292. The molecule has 0 aromatic carbocycles. The van der Waals surface area contributed by atoms with Crippen molar-refractivity contribution in [2.75, 3.05) is 0 Å². The molecule has 0 amide bonds. The van der Waals surface area contributed by atoms with Crippen LogP contribution in [0.4, 0.5) is 0 Å². The molecule has 20 heavy (non-hydrogen) atoms. The van der Waals surface area contributed by atoms with E-state index >= 15 is 0 Å². The van der Waals surface area contributed by atoms with Crippen LogP contribution >= 0.6 is 0 Å². The first-order valence-corrected chi connectivity index (χ1v) is 8.58. The predicted molar refractivity (Wildman–Crippen MR) is 94.1 cm³/mol. The molecule has 0 heteroatoms. The van der Waals surface area contributed by atoms with E-state index in [-0.39, 0.29) is 0 Å². The molecule has 0 heterocycles. The highest BCUT2D eigenvalue weighted by molar-refractivity contribution is 5.22. The molecule has 0 radical (unpaired) electrons. The number of allylic oxidation sites excluding steroid dienone is 4. The topological polar surface area (TPSA) is 0 Å². The second kappa shape index (κ2) is 9.42. The van der Waals surface area contributed by atoms with Gasteiger partial charge in [-0.1, -0.05) is 83.6 Å². The Morgan fingerprint density at radius 2 is 1.65 bits per heavy atom. The SMILES string of the molecule is CCCCCC(C)C(CC(C)=CC(C)(C)C)=C(C)CC. The van der Waals surface area contributed by atoms with Gasteiger partial charge >= 0.3 is 0 Å². The fourth-order valence-corrected chi connectivity index (χ4v) is 2.94. The first-order chi connectivity index (χ1) is 9.21. The lowest BCUT2D eigenvalue weighted by atomic mass is 9.84. The van der Waals surface area contributed by atoms with Crippen LogP contribution in [0.2, 0.25) is 0 Å². The van der Waals surface area contributed by atoms with Gasteiger partial charge in [-0.15, -0.1) is 0 Å². The maximum atomic E-state index is 2.44. The van der Waals surface area contributed by atoms with E-state index in [4.69, 9.17) is 0 Å². The Balaban J connectivity index is 4.88. The Morgan fingerprint density at radius 1 is 1.05 bits per heavy atom. The van der Waals surface area contributed by atoms with Crippen molar-refractivity contribution in [1.82, 2.24) is 0 Å². The fraction of sp³-hybridized carbons (Fsp3) is 0.800. The van der Waals surface area contributed by atoms with Crippen LogP contribution in [0.15, 0.2) is 22.8 Å². The Bertz CT molecular complexity index is 322. The van der Waals surface area contributed by atoms with Crippen LogP contribution in [-0.2, 0) is 0 Å². The highest BCUT2D eigenvalue weighted by Gasteiger charge is 2.13. The molecule has 0 rings (SSSR count). The Morgan fingerprint density at radius 3 is 2.10 bits per heavy atom. The zero-order valence-electron chi connectivity index (χ0n) is 15.4. The van der Waals surface area contributed by atoms with E-state index < -0.39 is 0 Å². The van der Waals surface area contributed by atoms with Crippen molar-refractivity contribution < 1.29 is 0 Å². The van der Waals surface area contributed by atoms with Crippen LogP contribution in [0.25, 0.3) is 0 Å². The number of rotatable bonds is 8. The van der Waals surface area contributed by atoms with E-state index in [1.807, 2.05) is 0 Å². The lowest BCUT2D eigenvalue weighted by molar-refractivity contribution is 0.527. The summed E-state index contributed by atoms with van der Waals surface area (Å²) >= 11 is 0. The molecule has 1 atom stereocenters. The monoisotopic (exact) mass is 278 g/mol. The lowest BCUT2D eigenvalue weighted by Crippen LogP contribution is -2.06. The summed E-state index contributed by atoms with van der Waals surface area (Å²) in [4.78, 5) is 0. The molecule has 0 N–H and O–H groups in total. The zero-order valence-corrected chi connectivity index (χ0v) is 15.4. The molecular formula is C20H38. The molecule has 0 bridgehead atoms. The van der Waals surface area contributed by atoms with Crippen LogP contribution in [0.3, 0.4) is 0 Å². The Hall–Kier alpha value is -0.520. The van der Waals surface area contributed by atoms with Crippen LogP contribution in [-0.4, -0.2) is 0 Å². The molecule has 0 nitrogen and oxygen atoms in total. The van der Waals surface area contributed by atoms with Crippen molar-refractivity contribution in [2.24, 2.45) is 11.3 Å². The molecule has 0 aliphatic rings. The summed E-state index contributed by atoms with van der Waals surface area (Å²) in [6.07, 6.45) is 10.2. The largest absolute Gasteiger partial charge is 0.0799 e. The van der Waals surface area contributed by atoms with Crippen LogP contribution in [0.1, 0.15) is 93.9 Å². The van der Waals surface area contributed by atoms with Crippen molar-refractivity contribution in [3.05, 3.63) is 22.8 Å². The average molecular weight is 279 g/mol. The van der Waals surface area contributed by atoms with Gasteiger partial charge in [0.05, 0.1) is 0 Å². The highest BCUT2D eigenvalue weighted by Crippen LogP contribution is 2.30. The predicted octanol–water partition coefficient (Wildman–Crippen LogP) is 7.31. The molecule has 0 spiro atoms. The molecule has 1 unspecified atom stereocenters. The van der Waals surface area contributed by atoms with E-state index in [0.29, 0.717) is 5.41 Å². The summed E-state index contributed by atoms with van der Waals surface area (Å²) < 4.78 is 0. The second-order valence-corrected chi connectivity index (χ2v) is 7.59. The van der Waals surface area contributed by atoms with Crippen LogP contribution in [0, 0.1) is 11.3 Å². The molecule has 0 aliphatic heterocycles. The molecule has 0 saturated carbocycles. The molecular weight excluding hydrogens is 240 g/mol. The summed E-state index contributed by atoms with van der Waals surface area (Å²) in [5, 5.41) is 0. The Kier molecular flexibility index (Phi) is 9.18. The summed E-state index contributed by atoms with van der Waals surface area (Å²) in [5.41, 5.74) is 5.13. The minimum atomic E-state index is 0.292. The maximum Gasteiger partial charge on any atom is -0.0106 e. The van der Waals surface area contributed by atoms with Crippen molar-refractivity contribution >= 4 is 0 Å². The third-order valence-corrected chi connectivity index (χ3v) is 4.06. The van der Waals surface area contributed by atoms with Crippen molar-refractivity contribution in [1.29, 1.82) is 0 Å². The van der Waals surface area contributed by atoms with E-state index in [2.05, 4.69) is 61.5 Å². The summed E-state index contributed by atoms with van der Waals surface area (Å²) in [6, 6.07) is 0. The maximum absolute atomic E-state index is 2.44. The molecule has 118 valence electrons. The van der Waals surface area contributed by atoms with Gasteiger partial charge in [-0.05, 0) is 44.4 Å². The molecule has 0 saturated heterocycles. The Labute approximate surface area is 128 Å². The van der Waals surface area contributed by atoms with Crippen LogP contribution < -0.4 is 0 Å². The van der Waals surface area contributed by atoms with E-state index in [1.165, 1.54) is 44.1 Å². The van der Waals surface area contributed by atoms with Gasteiger partial charge in [-0.3, -0.25) is 0 Å². The molecule has 0 aliphatic carbocycles. The van der Waals surface area contributed by atoms with Gasteiger partial charge in [0, 0.05) is 0 Å². The smallest absolute Gasteiger partial charge is 0.0106 e. The van der Waals surface area contributed by atoms with Gasteiger partial charge in [-0.2, -0.15) is 0 Å². The minimum Gasteiger partial charge on any atom is -0.0799 e. The van der Waals surface area contributed by atoms with Crippen LogP contribution in [0.5, 0.6) is 0 Å². The highest BCUT2D eigenvalue weighted by atomic mass is 14.2. The van der Waals surface area contributed by atoms with E-state index in [1.54, 1.807) is 11.1 Å². The van der Waals surface area contributed by atoms with Gasteiger partial charge in [-0.25, -0.2) is 0 Å². The second-order valence-electron chi connectivity index (χ2n) is 7.59. The molecule has 0 aromatic heterocycles. The third kappa shape index (κ3) is 8.61. The van der Waals surface area contributed by atoms with E-state index in [0.717, 1.165) is 5.92 Å². The van der Waals surface area contributed by atoms with Gasteiger partial charge in [0.25, 0.3) is 0 Å². The first-order valence-electron chi connectivity index (χ1n) is 8.58. The number of unbranched alkanes of at least 4 members (excludes halogenated alkanes) is 2. The first kappa shape index (κ1) is 19.5. The quantitative estimate of drug-likeness (QED) is 0.322. The molecule has 0 aromatic rings. The van der Waals surface area contributed by atoms with Gasteiger partial charge in [0.2, 0.25) is 0 Å². The van der Waals surface area contributed by atoms with Crippen molar-refractivity contribution in [3.63, 3.8) is 0 Å².